The van der Waals surface area contributed by atoms with Crippen molar-refractivity contribution in [3.63, 3.8) is 0 Å². The van der Waals surface area contributed by atoms with Gasteiger partial charge in [-0.25, -0.2) is 4.39 Å². The molecule has 6 heteroatoms. The van der Waals surface area contributed by atoms with E-state index in [9.17, 15) is 18.8 Å². The number of imide groups is 1. The number of amides is 2. The molecule has 0 saturated carbocycles. The van der Waals surface area contributed by atoms with E-state index in [2.05, 4.69) is 0 Å². The van der Waals surface area contributed by atoms with Gasteiger partial charge in [-0.05, 0) is 66.1 Å². The average molecular weight is 421 g/mol. The normalized spacial score (nSPS) is 16.5. The summed E-state index contributed by atoms with van der Waals surface area (Å²) < 4.78 is 13.9. The van der Waals surface area contributed by atoms with Crippen LogP contribution in [-0.2, 0) is 16.1 Å². The lowest BCUT2D eigenvalue weighted by Gasteiger charge is -2.12. The van der Waals surface area contributed by atoms with Crippen molar-refractivity contribution < 1.29 is 18.8 Å². The zero-order valence-corrected chi connectivity index (χ0v) is 17.4. The molecule has 2 aromatic carbocycles. The summed E-state index contributed by atoms with van der Waals surface area (Å²) >= 11 is 0.852. The van der Waals surface area contributed by atoms with Gasteiger partial charge >= 0.3 is 0 Å². The average Bonchev–Trinajstić information content (AvgIpc) is 2.98. The molecule has 0 radical (unpaired) electrons. The lowest BCUT2D eigenvalue weighted by Crippen LogP contribution is -2.27. The zero-order valence-electron chi connectivity index (χ0n) is 16.6. The third-order valence-corrected chi connectivity index (χ3v) is 5.34. The molecule has 2 amide bonds. The number of carbonyl (C=O) groups excluding carboxylic acids is 3. The van der Waals surface area contributed by atoms with Crippen LogP contribution < -0.4 is 0 Å². The molecule has 0 unspecified atom stereocenters. The number of allylic oxidation sites excluding steroid dienone is 3. The maximum Gasteiger partial charge on any atom is 0.293 e. The van der Waals surface area contributed by atoms with Crippen molar-refractivity contribution in [3.05, 3.63) is 93.2 Å². The fraction of sp³-hybridized carbons (Fsp3) is 0.125. The fourth-order valence-electron chi connectivity index (χ4n) is 2.93. The molecule has 1 aliphatic rings. The Kier molecular flexibility index (Phi) is 6.79. The number of nitrogens with zero attached hydrogens (tertiary/aromatic N) is 1. The number of halogens is 1. The Morgan fingerprint density at radius 1 is 0.967 bits per heavy atom. The van der Waals surface area contributed by atoms with Crippen molar-refractivity contribution in [2.45, 2.75) is 20.4 Å². The molecule has 2 aromatic rings. The molecule has 1 aliphatic heterocycles. The summed E-state index contributed by atoms with van der Waals surface area (Å²) in [5.41, 5.74) is 3.59. The molecule has 4 nitrogen and oxygen atoms in total. The molecule has 0 aromatic heterocycles. The maximum absolute atomic E-state index is 13.9. The summed E-state index contributed by atoms with van der Waals surface area (Å²) in [6, 6.07) is 13.7. The minimum absolute atomic E-state index is 0.0906. The van der Waals surface area contributed by atoms with Crippen LogP contribution in [0, 0.1) is 5.82 Å². The van der Waals surface area contributed by atoms with Crippen molar-refractivity contribution in [1.82, 2.24) is 4.90 Å². The Labute approximate surface area is 178 Å². The summed E-state index contributed by atoms with van der Waals surface area (Å²) in [5, 5.41) is -0.413. The van der Waals surface area contributed by atoms with Gasteiger partial charge in [-0.1, -0.05) is 48.5 Å². The Hall–Kier alpha value is -3.25. The van der Waals surface area contributed by atoms with Crippen LogP contribution in [0.15, 0.2) is 70.7 Å². The molecule has 0 N–H and O–H groups in total. The predicted octanol–water partition coefficient (Wildman–Crippen LogP) is 5.61. The maximum atomic E-state index is 13.9. The monoisotopic (exact) mass is 421 g/mol. The molecule has 0 atom stereocenters. The smallest absolute Gasteiger partial charge is 0.293 e. The highest BCUT2D eigenvalue weighted by molar-refractivity contribution is 8.18. The van der Waals surface area contributed by atoms with Gasteiger partial charge < -0.3 is 0 Å². The van der Waals surface area contributed by atoms with E-state index in [1.165, 1.54) is 6.07 Å². The molecule has 0 spiro atoms. The third kappa shape index (κ3) is 5.21. The highest BCUT2D eigenvalue weighted by Crippen LogP contribution is 2.33. The SMILES string of the molecule is C/C(C=O)=C\c1ccc(/C=C(C)/C=C2\SC(=O)N(Cc3ccccc3F)C2=O)cc1. The zero-order chi connectivity index (χ0) is 21.7. The number of thioether (sulfide) groups is 1. The van der Waals surface area contributed by atoms with Crippen molar-refractivity contribution in [1.29, 1.82) is 0 Å². The summed E-state index contributed by atoms with van der Waals surface area (Å²) in [7, 11) is 0. The van der Waals surface area contributed by atoms with E-state index in [1.807, 2.05) is 37.3 Å². The fourth-order valence-corrected chi connectivity index (χ4v) is 3.82. The van der Waals surface area contributed by atoms with Gasteiger partial charge in [0.15, 0.2) is 0 Å². The highest BCUT2D eigenvalue weighted by Gasteiger charge is 2.35. The predicted molar refractivity (Wildman–Crippen MR) is 118 cm³/mol. The topological polar surface area (TPSA) is 54.5 Å². The molecule has 1 saturated heterocycles. The molecular weight excluding hydrogens is 401 g/mol. The molecule has 152 valence electrons. The molecule has 0 aliphatic carbocycles. The first-order chi connectivity index (χ1) is 14.4. The minimum Gasteiger partial charge on any atom is -0.298 e. The Morgan fingerprint density at radius 3 is 2.17 bits per heavy atom. The van der Waals surface area contributed by atoms with E-state index in [4.69, 9.17) is 0 Å². The molecule has 3 rings (SSSR count). The second kappa shape index (κ2) is 9.50. The largest absolute Gasteiger partial charge is 0.298 e. The van der Waals surface area contributed by atoms with E-state index < -0.39 is 17.0 Å². The van der Waals surface area contributed by atoms with Crippen molar-refractivity contribution in [2.75, 3.05) is 0 Å². The highest BCUT2D eigenvalue weighted by atomic mass is 32.2. The second-order valence-corrected chi connectivity index (χ2v) is 7.91. The van der Waals surface area contributed by atoms with Gasteiger partial charge in [0.25, 0.3) is 11.1 Å². The molecule has 0 bridgehead atoms. The van der Waals surface area contributed by atoms with Crippen LogP contribution in [0.2, 0.25) is 0 Å². The van der Waals surface area contributed by atoms with Gasteiger partial charge in [0.05, 0.1) is 11.4 Å². The van der Waals surface area contributed by atoms with Crippen LogP contribution in [0.3, 0.4) is 0 Å². The third-order valence-electron chi connectivity index (χ3n) is 4.43. The van der Waals surface area contributed by atoms with Crippen LogP contribution >= 0.6 is 11.8 Å². The van der Waals surface area contributed by atoms with Crippen LogP contribution in [0.5, 0.6) is 0 Å². The summed E-state index contributed by atoms with van der Waals surface area (Å²) in [6.07, 6.45) is 6.15. The van der Waals surface area contributed by atoms with E-state index >= 15 is 0 Å². The van der Waals surface area contributed by atoms with E-state index in [-0.39, 0.29) is 6.54 Å². The first-order valence-corrected chi connectivity index (χ1v) is 10.1. The van der Waals surface area contributed by atoms with Gasteiger partial charge in [-0.2, -0.15) is 0 Å². The number of aldehydes is 1. The number of rotatable bonds is 6. The van der Waals surface area contributed by atoms with Gasteiger partial charge in [0.1, 0.15) is 12.1 Å². The summed E-state index contributed by atoms with van der Waals surface area (Å²) in [6.45, 7) is 3.49. The number of hydrogen-bond donors (Lipinski definition) is 0. The van der Waals surface area contributed by atoms with Crippen LogP contribution in [-0.4, -0.2) is 22.3 Å². The van der Waals surface area contributed by atoms with Crippen molar-refractivity contribution in [2.24, 2.45) is 0 Å². The Morgan fingerprint density at radius 2 is 1.57 bits per heavy atom. The van der Waals surface area contributed by atoms with Crippen LogP contribution in [0.1, 0.15) is 30.5 Å². The van der Waals surface area contributed by atoms with E-state index in [0.717, 1.165) is 39.6 Å². The first-order valence-electron chi connectivity index (χ1n) is 9.28. The van der Waals surface area contributed by atoms with Crippen LogP contribution in [0.4, 0.5) is 9.18 Å². The second-order valence-electron chi connectivity index (χ2n) is 6.92. The minimum atomic E-state index is -0.446. The number of hydrogen-bond acceptors (Lipinski definition) is 4. The Bertz CT molecular complexity index is 1080. The van der Waals surface area contributed by atoms with E-state index in [1.54, 1.807) is 37.3 Å². The molecular formula is C24H20FNO3S. The van der Waals surface area contributed by atoms with Gasteiger partial charge in [0, 0.05) is 5.56 Å². The molecule has 1 fully saturated rings. The van der Waals surface area contributed by atoms with Crippen LogP contribution in [0.25, 0.3) is 12.2 Å². The van der Waals surface area contributed by atoms with Gasteiger partial charge in [0.2, 0.25) is 0 Å². The van der Waals surface area contributed by atoms with Gasteiger partial charge in [-0.15, -0.1) is 0 Å². The number of carbonyl (C=O) groups is 3. The van der Waals surface area contributed by atoms with Gasteiger partial charge in [-0.3, -0.25) is 19.3 Å². The quantitative estimate of drug-likeness (QED) is 0.449. The first kappa shape index (κ1) is 21.5. The summed E-state index contributed by atoms with van der Waals surface area (Å²) in [5.74, 6) is -0.871. The standard InChI is InChI=1S/C24H20FNO3S/c1-16(11-18-7-9-19(10-8-18)12-17(2)15-27)13-22-23(28)26(24(29)30-22)14-20-5-3-4-6-21(20)25/h3-13,15H,14H2,1-2H3/b16-11+,17-12+,22-13-. The van der Waals surface area contributed by atoms with Crippen molar-refractivity contribution in [3.8, 4) is 0 Å². The van der Waals surface area contributed by atoms with E-state index in [0.29, 0.717) is 16.0 Å². The van der Waals surface area contributed by atoms with Crippen molar-refractivity contribution >= 4 is 41.3 Å². The molecule has 1 heterocycles. The lowest BCUT2D eigenvalue weighted by atomic mass is 10.1. The molecule has 30 heavy (non-hydrogen) atoms. The summed E-state index contributed by atoms with van der Waals surface area (Å²) in [4.78, 5) is 37.0. The lowest BCUT2D eigenvalue weighted by molar-refractivity contribution is -0.123. The Balaban J connectivity index is 1.74. The number of benzene rings is 2.